The number of carbonyl (C=O) groups excluding carboxylic acids is 2. The van der Waals surface area contributed by atoms with E-state index in [4.69, 9.17) is 9.47 Å². The van der Waals surface area contributed by atoms with Crippen LogP contribution in [0.4, 0.5) is 0 Å². The van der Waals surface area contributed by atoms with Gasteiger partial charge in [0.05, 0.1) is 12.7 Å². The van der Waals surface area contributed by atoms with Gasteiger partial charge in [0.25, 0.3) is 5.91 Å². The Morgan fingerprint density at radius 1 is 1.00 bits per heavy atom. The molecule has 1 aliphatic rings. The summed E-state index contributed by atoms with van der Waals surface area (Å²) in [6.07, 6.45) is 6.80. The Morgan fingerprint density at radius 2 is 1.71 bits per heavy atom. The standard InChI is InChI=1S/C23H27NO4/c1-27-19-13-14-20(23(26)17-9-5-4-6-10-17)21(15-19)28-16-22(25)24-18-11-7-2-3-8-12-18/h4-6,9-10,13-15,18H,2-3,7-8,11-12,16H2,1H3,(H,24,25). The zero-order valence-corrected chi connectivity index (χ0v) is 16.3. The predicted octanol–water partition coefficient (Wildman–Crippen LogP) is 4.14. The normalized spacial score (nSPS) is 14.8. The van der Waals surface area contributed by atoms with Gasteiger partial charge in [-0.25, -0.2) is 0 Å². The first-order valence-electron chi connectivity index (χ1n) is 9.87. The first-order valence-corrected chi connectivity index (χ1v) is 9.87. The molecule has 0 spiro atoms. The Hall–Kier alpha value is -2.82. The summed E-state index contributed by atoms with van der Waals surface area (Å²) in [6.45, 7) is -0.126. The third kappa shape index (κ3) is 5.35. The molecule has 0 atom stereocenters. The highest BCUT2D eigenvalue weighted by atomic mass is 16.5. The number of carbonyl (C=O) groups is 2. The Balaban J connectivity index is 1.69. The first kappa shape index (κ1) is 19.9. The lowest BCUT2D eigenvalue weighted by atomic mass is 10.0. The lowest BCUT2D eigenvalue weighted by Gasteiger charge is -2.17. The van der Waals surface area contributed by atoms with Crippen molar-refractivity contribution in [1.82, 2.24) is 5.32 Å². The van der Waals surface area contributed by atoms with Crippen molar-refractivity contribution >= 4 is 11.7 Å². The Morgan fingerprint density at radius 3 is 2.39 bits per heavy atom. The molecule has 0 aromatic heterocycles. The maximum atomic E-state index is 12.8. The van der Waals surface area contributed by atoms with Gasteiger partial charge in [0.1, 0.15) is 11.5 Å². The summed E-state index contributed by atoms with van der Waals surface area (Å²) >= 11 is 0. The number of hydrogen-bond acceptors (Lipinski definition) is 4. The van der Waals surface area contributed by atoms with E-state index in [1.54, 1.807) is 37.4 Å². The predicted molar refractivity (Wildman–Crippen MR) is 108 cm³/mol. The van der Waals surface area contributed by atoms with Crippen LogP contribution < -0.4 is 14.8 Å². The third-order valence-electron chi connectivity index (χ3n) is 5.05. The van der Waals surface area contributed by atoms with Crippen molar-refractivity contribution in [2.75, 3.05) is 13.7 Å². The molecule has 1 fully saturated rings. The molecule has 1 saturated carbocycles. The van der Waals surface area contributed by atoms with Crippen molar-refractivity contribution in [3.63, 3.8) is 0 Å². The van der Waals surface area contributed by atoms with Crippen LogP contribution in [-0.4, -0.2) is 31.4 Å². The summed E-state index contributed by atoms with van der Waals surface area (Å²) in [7, 11) is 1.55. The molecule has 1 amide bonds. The summed E-state index contributed by atoms with van der Waals surface area (Å²) in [5.74, 6) is 0.614. The highest BCUT2D eigenvalue weighted by Crippen LogP contribution is 2.27. The van der Waals surface area contributed by atoms with Crippen LogP contribution in [0.25, 0.3) is 0 Å². The number of methoxy groups -OCH3 is 1. The van der Waals surface area contributed by atoms with E-state index < -0.39 is 0 Å². The number of amides is 1. The number of rotatable bonds is 7. The fourth-order valence-corrected chi connectivity index (χ4v) is 3.52. The minimum absolute atomic E-state index is 0.126. The molecule has 1 N–H and O–H groups in total. The quantitative estimate of drug-likeness (QED) is 0.578. The molecule has 2 aromatic carbocycles. The molecular formula is C23H27NO4. The van der Waals surface area contributed by atoms with Crippen LogP contribution in [0.15, 0.2) is 48.5 Å². The van der Waals surface area contributed by atoms with Crippen LogP contribution in [0.5, 0.6) is 11.5 Å². The van der Waals surface area contributed by atoms with Gasteiger partial charge in [-0.05, 0) is 25.0 Å². The summed E-state index contributed by atoms with van der Waals surface area (Å²) < 4.78 is 11.0. The maximum absolute atomic E-state index is 12.8. The fraction of sp³-hybridized carbons (Fsp3) is 0.391. The van der Waals surface area contributed by atoms with Gasteiger partial charge in [-0.3, -0.25) is 9.59 Å². The molecule has 2 aromatic rings. The first-order chi connectivity index (χ1) is 13.7. The average Bonchev–Trinajstić information content (AvgIpc) is 3.00. The van der Waals surface area contributed by atoms with Gasteiger partial charge >= 0.3 is 0 Å². The van der Waals surface area contributed by atoms with E-state index in [1.807, 2.05) is 18.2 Å². The molecule has 5 heteroatoms. The van der Waals surface area contributed by atoms with E-state index in [9.17, 15) is 9.59 Å². The summed E-state index contributed by atoms with van der Waals surface area (Å²) in [5, 5.41) is 3.06. The molecule has 0 radical (unpaired) electrons. The van der Waals surface area contributed by atoms with Crippen LogP contribution in [0, 0.1) is 0 Å². The number of ether oxygens (including phenoxy) is 2. The lowest BCUT2D eigenvalue weighted by molar-refractivity contribution is -0.123. The number of nitrogens with one attached hydrogen (secondary N) is 1. The molecule has 148 valence electrons. The largest absolute Gasteiger partial charge is 0.497 e. The SMILES string of the molecule is COc1ccc(C(=O)c2ccccc2)c(OCC(=O)NC2CCCCCC2)c1. The van der Waals surface area contributed by atoms with Gasteiger partial charge in [0.2, 0.25) is 0 Å². The van der Waals surface area contributed by atoms with Crippen molar-refractivity contribution in [3.05, 3.63) is 59.7 Å². The van der Waals surface area contributed by atoms with Gasteiger partial charge in [0, 0.05) is 17.7 Å². The fourth-order valence-electron chi connectivity index (χ4n) is 3.52. The molecule has 3 rings (SSSR count). The molecule has 0 aliphatic heterocycles. The van der Waals surface area contributed by atoms with Crippen molar-refractivity contribution in [2.24, 2.45) is 0 Å². The van der Waals surface area contributed by atoms with Gasteiger partial charge in [-0.1, -0.05) is 56.0 Å². The smallest absolute Gasteiger partial charge is 0.258 e. The molecule has 0 unspecified atom stereocenters. The molecule has 0 heterocycles. The van der Waals surface area contributed by atoms with E-state index in [1.165, 1.54) is 12.8 Å². The molecule has 1 aliphatic carbocycles. The Kier molecular flexibility index (Phi) is 7.06. The minimum Gasteiger partial charge on any atom is -0.497 e. The summed E-state index contributed by atoms with van der Waals surface area (Å²) in [4.78, 5) is 25.2. The van der Waals surface area contributed by atoms with Crippen molar-refractivity contribution in [2.45, 2.75) is 44.6 Å². The lowest BCUT2D eigenvalue weighted by Crippen LogP contribution is -2.37. The second-order valence-electron chi connectivity index (χ2n) is 7.10. The van der Waals surface area contributed by atoms with Crippen molar-refractivity contribution in [3.8, 4) is 11.5 Å². The zero-order valence-electron chi connectivity index (χ0n) is 16.3. The highest BCUT2D eigenvalue weighted by molar-refractivity contribution is 6.10. The van der Waals surface area contributed by atoms with E-state index in [2.05, 4.69) is 5.32 Å². The molecule has 0 saturated heterocycles. The maximum Gasteiger partial charge on any atom is 0.258 e. The zero-order chi connectivity index (χ0) is 19.8. The van der Waals surface area contributed by atoms with Crippen LogP contribution in [-0.2, 0) is 4.79 Å². The summed E-state index contributed by atoms with van der Waals surface area (Å²) in [6, 6.07) is 14.3. The van der Waals surface area contributed by atoms with Crippen LogP contribution in [0.1, 0.15) is 54.4 Å². The van der Waals surface area contributed by atoms with Crippen LogP contribution in [0.3, 0.4) is 0 Å². The van der Waals surface area contributed by atoms with E-state index in [0.717, 1.165) is 25.7 Å². The van der Waals surface area contributed by atoms with E-state index in [-0.39, 0.29) is 24.3 Å². The van der Waals surface area contributed by atoms with Crippen molar-refractivity contribution < 1.29 is 19.1 Å². The molecule has 5 nitrogen and oxygen atoms in total. The highest BCUT2D eigenvalue weighted by Gasteiger charge is 2.18. The topological polar surface area (TPSA) is 64.6 Å². The second kappa shape index (κ2) is 9.93. The molecule has 0 bridgehead atoms. The van der Waals surface area contributed by atoms with E-state index >= 15 is 0 Å². The number of hydrogen-bond donors (Lipinski definition) is 1. The van der Waals surface area contributed by atoms with Crippen LogP contribution in [0.2, 0.25) is 0 Å². The number of benzene rings is 2. The summed E-state index contributed by atoms with van der Waals surface area (Å²) in [5.41, 5.74) is 0.981. The van der Waals surface area contributed by atoms with Gasteiger partial charge in [-0.2, -0.15) is 0 Å². The van der Waals surface area contributed by atoms with Gasteiger partial charge in [-0.15, -0.1) is 0 Å². The van der Waals surface area contributed by atoms with Gasteiger partial charge in [0.15, 0.2) is 12.4 Å². The Labute approximate surface area is 166 Å². The number of ketones is 1. The molecular weight excluding hydrogens is 354 g/mol. The minimum atomic E-state index is -0.159. The van der Waals surface area contributed by atoms with Crippen LogP contribution >= 0.6 is 0 Å². The third-order valence-corrected chi connectivity index (χ3v) is 5.05. The second-order valence-corrected chi connectivity index (χ2v) is 7.10. The average molecular weight is 381 g/mol. The van der Waals surface area contributed by atoms with Crippen molar-refractivity contribution in [1.29, 1.82) is 0 Å². The molecule has 28 heavy (non-hydrogen) atoms. The van der Waals surface area contributed by atoms with Gasteiger partial charge < -0.3 is 14.8 Å². The monoisotopic (exact) mass is 381 g/mol. The Bertz CT molecular complexity index is 796. The van der Waals surface area contributed by atoms with E-state index in [0.29, 0.717) is 22.6 Å².